The van der Waals surface area contributed by atoms with Gasteiger partial charge in [-0.15, -0.1) is 0 Å². The van der Waals surface area contributed by atoms with Crippen LogP contribution in [-0.4, -0.2) is 49.8 Å². The predicted molar refractivity (Wildman–Crippen MR) is 54.6 cm³/mol. The molecule has 0 aliphatic carbocycles. The van der Waals surface area contributed by atoms with Crippen LogP contribution in [0.1, 0.15) is 6.42 Å². The number of carbonyl (C=O) groups excluding carboxylic acids is 1. The molecule has 0 bridgehead atoms. The zero-order valence-corrected chi connectivity index (χ0v) is 9.13. The van der Waals surface area contributed by atoms with E-state index in [2.05, 4.69) is 33.0 Å². The van der Waals surface area contributed by atoms with Crippen molar-refractivity contribution in [3.8, 4) is 0 Å². The van der Waals surface area contributed by atoms with Gasteiger partial charge in [-0.25, -0.2) is 0 Å². The Bertz CT molecular complexity index is 209. The van der Waals surface area contributed by atoms with Gasteiger partial charge in [0, 0.05) is 13.0 Å². The van der Waals surface area contributed by atoms with E-state index in [1.807, 2.05) is 0 Å². The van der Waals surface area contributed by atoms with Crippen molar-refractivity contribution in [2.45, 2.75) is 6.42 Å². The summed E-state index contributed by atoms with van der Waals surface area (Å²) in [5, 5.41) is 11.0. The Morgan fingerprint density at radius 3 is 2.43 bits per heavy atom. The van der Waals surface area contributed by atoms with Crippen LogP contribution in [0.4, 0.5) is 0 Å². The van der Waals surface area contributed by atoms with Gasteiger partial charge in [0.05, 0.1) is 27.7 Å². The highest BCUT2D eigenvalue weighted by molar-refractivity contribution is 5.91. The third-order valence-corrected chi connectivity index (χ3v) is 1.70. The number of quaternary nitrogens is 1. The molecular weight excluding hydrogens is 182 g/mol. The summed E-state index contributed by atoms with van der Waals surface area (Å²) < 4.78 is 0.870. The molecular formula is C9H20N3O2+. The van der Waals surface area contributed by atoms with Gasteiger partial charge < -0.3 is 9.80 Å². The van der Waals surface area contributed by atoms with Crippen molar-refractivity contribution < 1.29 is 14.5 Å². The summed E-state index contributed by atoms with van der Waals surface area (Å²) in [4.78, 5) is 11.1. The van der Waals surface area contributed by atoms with Crippen LogP contribution < -0.4 is 10.8 Å². The lowest BCUT2D eigenvalue weighted by Gasteiger charge is -2.23. The molecule has 0 aromatic rings. The molecule has 0 spiro atoms. The second kappa shape index (κ2) is 5.62. The molecule has 82 valence electrons. The minimum Gasteiger partial charge on any atom is -0.351 e. The maximum Gasteiger partial charge on any atom is 0.269 e. The highest BCUT2D eigenvalue weighted by atomic mass is 16.5. The average Bonchev–Trinajstić information content (AvgIpc) is 2.09. The van der Waals surface area contributed by atoms with Crippen LogP contribution in [0, 0.1) is 0 Å². The van der Waals surface area contributed by atoms with Crippen molar-refractivity contribution in [2.24, 2.45) is 0 Å². The fourth-order valence-electron chi connectivity index (χ4n) is 0.913. The van der Waals surface area contributed by atoms with E-state index in [1.165, 1.54) is 0 Å². The monoisotopic (exact) mass is 202 g/mol. The standard InChI is InChI=1S/C9H19N3O2/c1-8(11-14)9(13)10-6-5-7-12(2,3)4/h11,14H,1,5-7H2,2-4H3/p+1. The van der Waals surface area contributed by atoms with Crippen molar-refractivity contribution in [1.29, 1.82) is 0 Å². The molecule has 5 nitrogen and oxygen atoms in total. The first-order chi connectivity index (χ1) is 6.37. The molecule has 0 aliphatic rings. The molecule has 14 heavy (non-hydrogen) atoms. The molecule has 0 fully saturated rings. The van der Waals surface area contributed by atoms with Gasteiger partial charge in [0.1, 0.15) is 5.70 Å². The molecule has 0 rings (SSSR count). The summed E-state index contributed by atoms with van der Waals surface area (Å²) in [6.45, 7) is 4.90. The third-order valence-electron chi connectivity index (χ3n) is 1.70. The molecule has 0 aromatic heterocycles. The summed E-state index contributed by atoms with van der Waals surface area (Å²) in [5.41, 5.74) is 1.68. The number of hydrogen-bond acceptors (Lipinski definition) is 3. The van der Waals surface area contributed by atoms with Gasteiger partial charge >= 0.3 is 0 Å². The average molecular weight is 202 g/mol. The fraction of sp³-hybridized carbons (Fsp3) is 0.667. The van der Waals surface area contributed by atoms with Gasteiger partial charge in [-0.05, 0) is 0 Å². The van der Waals surface area contributed by atoms with E-state index in [9.17, 15) is 4.79 Å². The van der Waals surface area contributed by atoms with Crippen LogP contribution in [0.3, 0.4) is 0 Å². The molecule has 0 aliphatic heterocycles. The van der Waals surface area contributed by atoms with E-state index in [-0.39, 0.29) is 11.6 Å². The smallest absolute Gasteiger partial charge is 0.269 e. The van der Waals surface area contributed by atoms with Crippen molar-refractivity contribution >= 4 is 5.91 Å². The fourth-order valence-corrected chi connectivity index (χ4v) is 0.913. The number of amides is 1. The van der Waals surface area contributed by atoms with Crippen molar-refractivity contribution in [1.82, 2.24) is 10.8 Å². The summed E-state index contributed by atoms with van der Waals surface area (Å²) in [6, 6.07) is 0. The zero-order chi connectivity index (χ0) is 11.2. The van der Waals surface area contributed by atoms with Gasteiger partial charge in [0.15, 0.2) is 0 Å². The van der Waals surface area contributed by atoms with E-state index in [1.54, 1.807) is 5.48 Å². The van der Waals surface area contributed by atoms with Crippen molar-refractivity contribution in [2.75, 3.05) is 34.2 Å². The molecule has 3 N–H and O–H groups in total. The minimum atomic E-state index is -0.367. The third kappa shape index (κ3) is 6.45. The van der Waals surface area contributed by atoms with Gasteiger partial charge in [0.2, 0.25) is 0 Å². The van der Waals surface area contributed by atoms with E-state index >= 15 is 0 Å². The van der Waals surface area contributed by atoms with Crippen LogP contribution in [0.25, 0.3) is 0 Å². The first kappa shape index (κ1) is 12.9. The minimum absolute atomic E-state index is 0.0322. The number of nitrogens with zero attached hydrogens (tertiary/aromatic N) is 1. The molecule has 0 saturated carbocycles. The number of rotatable bonds is 6. The lowest BCUT2D eigenvalue weighted by Crippen LogP contribution is -2.38. The van der Waals surface area contributed by atoms with E-state index < -0.39 is 0 Å². The Morgan fingerprint density at radius 2 is 2.00 bits per heavy atom. The van der Waals surface area contributed by atoms with Gasteiger partial charge in [-0.2, -0.15) is 0 Å². The summed E-state index contributed by atoms with van der Waals surface area (Å²) >= 11 is 0. The summed E-state index contributed by atoms with van der Waals surface area (Å²) in [6.07, 6.45) is 0.897. The maximum absolute atomic E-state index is 11.1. The highest BCUT2D eigenvalue weighted by Crippen LogP contribution is 1.92. The number of hydroxylamine groups is 1. The van der Waals surface area contributed by atoms with E-state index in [4.69, 9.17) is 5.21 Å². The Balaban J connectivity index is 3.56. The summed E-state index contributed by atoms with van der Waals surface area (Å²) in [7, 11) is 6.28. The summed E-state index contributed by atoms with van der Waals surface area (Å²) in [5.74, 6) is -0.367. The van der Waals surface area contributed by atoms with Gasteiger partial charge in [0.25, 0.3) is 5.91 Å². The van der Waals surface area contributed by atoms with Crippen molar-refractivity contribution in [3.05, 3.63) is 12.3 Å². The lowest BCUT2D eigenvalue weighted by molar-refractivity contribution is -0.870. The molecule has 0 unspecified atom stereocenters. The van der Waals surface area contributed by atoms with Gasteiger partial charge in [-0.1, -0.05) is 6.58 Å². The molecule has 0 saturated heterocycles. The zero-order valence-electron chi connectivity index (χ0n) is 9.13. The quantitative estimate of drug-likeness (QED) is 0.240. The largest absolute Gasteiger partial charge is 0.351 e. The Labute approximate surface area is 84.9 Å². The van der Waals surface area contributed by atoms with E-state index in [0.717, 1.165) is 17.4 Å². The van der Waals surface area contributed by atoms with Crippen LogP contribution >= 0.6 is 0 Å². The van der Waals surface area contributed by atoms with Crippen LogP contribution in [-0.2, 0) is 4.79 Å². The number of hydrogen-bond donors (Lipinski definition) is 3. The van der Waals surface area contributed by atoms with Crippen LogP contribution in [0.15, 0.2) is 12.3 Å². The van der Waals surface area contributed by atoms with Crippen LogP contribution in [0.2, 0.25) is 0 Å². The molecule has 0 heterocycles. The Kier molecular flexibility index (Phi) is 5.19. The maximum atomic E-state index is 11.1. The molecule has 0 aromatic carbocycles. The topological polar surface area (TPSA) is 61.4 Å². The Morgan fingerprint density at radius 1 is 1.43 bits per heavy atom. The molecule has 5 heteroatoms. The predicted octanol–water partition coefficient (Wildman–Crippen LogP) is -0.309. The SMILES string of the molecule is C=C(NO)C(=O)NCCC[N+](C)(C)C. The lowest BCUT2D eigenvalue weighted by atomic mass is 10.3. The Hall–Kier alpha value is -1.07. The first-order valence-electron chi connectivity index (χ1n) is 4.54. The molecule has 0 atom stereocenters. The second-order valence-electron chi connectivity index (χ2n) is 4.21. The van der Waals surface area contributed by atoms with Gasteiger partial charge in [-0.3, -0.25) is 15.5 Å². The normalized spacial score (nSPS) is 10.9. The molecule has 1 amide bonds. The highest BCUT2D eigenvalue weighted by Gasteiger charge is 2.07. The van der Waals surface area contributed by atoms with E-state index in [0.29, 0.717) is 6.54 Å². The van der Waals surface area contributed by atoms with Crippen molar-refractivity contribution in [3.63, 3.8) is 0 Å². The second-order valence-corrected chi connectivity index (χ2v) is 4.21. The molecule has 0 radical (unpaired) electrons. The number of nitrogens with one attached hydrogen (secondary N) is 2. The first-order valence-corrected chi connectivity index (χ1v) is 4.54. The number of carbonyl (C=O) groups is 1. The van der Waals surface area contributed by atoms with Crippen LogP contribution in [0.5, 0.6) is 0 Å².